The van der Waals surface area contributed by atoms with E-state index in [0.717, 1.165) is 17.1 Å². The number of aryl methyl sites for hydroxylation is 1. The van der Waals surface area contributed by atoms with E-state index in [0.29, 0.717) is 12.5 Å². The average molecular weight is 214 g/mol. The Morgan fingerprint density at radius 3 is 2.79 bits per heavy atom. The van der Waals surface area contributed by atoms with Gasteiger partial charge in [0.1, 0.15) is 11.6 Å². The lowest BCUT2D eigenvalue weighted by atomic mass is 10.2. The first kappa shape index (κ1) is 11.4. The van der Waals surface area contributed by atoms with Crippen molar-refractivity contribution in [2.24, 2.45) is 5.92 Å². The second-order valence-corrected chi connectivity index (χ2v) is 3.87. The molecule has 0 aliphatic carbocycles. The van der Waals surface area contributed by atoms with Crippen molar-refractivity contribution in [2.45, 2.75) is 13.8 Å². The van der Waals surface area contributed by atoms with Crippen molar-refractivity contribution in [1.29, 1.82) is 0 Å². The monoisotopic (exact) mass is 214 g/mol. The normalized spacial score (nSPS) is 12.6. The first-order chi connectivity index (χ1) is 6.63. The van der Waals surface area contributed by atoms with Crippen LogP contribution in [0.15, 0.2) is 18.2 Å². The van der Waals surface area contributed by atoms with Crippen LogP contribution in [0.4, 0.5) is 4.39 Å². The largest absolute Gasteiger partial charge is 0.493 e. The Bertz CT molecular complexity index is 301. The van der Waals surface area contributed by atoms with Crippen LogP contribution in [-0.2, 0) is 0 Å². The summed E-state index contributed by atoms with van der Waals surface area (Å²) in [6, 6.07) is 4.55. The zero-order valence-corrected chi connectivity index (χ0v) is 9.35. The van der Waals surface area contributed by atoms with E-state index < -0.39 is 0 Å². The van der Waals surface area contributed by atoms with E-state index in [1.54, 1.807) is 6.07 Å². The highest BCUT2D eigenvalue weighted by Crippen LogP contribution is 2.19. The van der Waals surface area contributed by atoms with E-state index >= 15 is 0 Å². The Morgan fingerprint density at radius 1 is 1.50 bits per heavy atom. The fraction of sp³-hybridized carbons (Fsp3) is 0.455. The number of rotatable bonds is 4. The molecule has 0 bridgehead atoms. The number of halogens is 1. The van der Waals surface area contributed by atoms with Gasteiger partial charge in [0.05, 0.1) is 6.61 Å². The molecule has 1 atom stereocenters. The third-order valence-corrected chi connectivity index (χ3v) is 2.60. The quantitative estimate of drug-likeness (QED) is 0.758. The number of thiol groups is 1. The Kier molecular flexibility index (Phi) is 4.26. The van der Waals surface area contributed by atoms with Crippen molar-refractivity contribution in [2.75, 3.05) is 12.4 Å². The summed E-state index contributed by atoms with van der Waals surface area (Å²) in [4.78, 5) is 0. The third kappa shape index (κ3) is 3.22. The SMILES string of the molecule is Cc1cc(F)ccc1OCC(C)CS. The molecule has 0 aliphatic heterocycles. The molecule has 0 aliphatic rings. The maximum absolute atomic E-state index is 12.7. The highest BCUT2D eigenvalue weighted by atomic mass is 32.1. The van der Waals surface area contributed by atoms with Gasteiger partial charge in [-0.1, -0.05) is 6.92 Å². The standard InChI is InChI=1S/C11H15FOS/c1-8(7-14)6-13-11-4-3-10(12)5-9(11)2/h3-5,8,14H,6-7H2,1-2H3. The summed E-state index contributed by atoms with van der Waals surface area (Å²) in [7, 11) is 0. The van der Waals surface area contributed by atoms with Gasteiger partial charge >= 0.3 is 0 Å². The minimum atomic E-state index is -0.225. The van der Waals surface area contributed by atoms with E-state index in [9.17, 15) is 4.39 Å². The van der Waals surface area contributed by atoms with Crippen molar-refractivity contribution in [3.8, 4) is 5.75 Å². The minimum absolute atomic E-state index is 0.225. The first-order valence-electron chi connectivity index (χ1n) is 4.63. The molecule has 0 saturated carbocycles. The molecule has 0 spiro atoms. The summed E-state index contributed by atoms with van der Waals surface area (Å²) >= 11 is 4.16. The van der Waals surface area contributed by atoms with Gasteiger partial charge in [-0.2, -0.15) is 12.6 Å². The lowest BCUT2D eigenvalue weighted by molar-refractivity contribution is 0.271. The Hall–Kier alpha value is -0.700. The van der Waals surface area contributed by atoms with Gasteiger partial charge in [0.15, 0.2) is 0 Å². The van der Waals surface area contributed by atoms with Crippen LogP contribution in [0.1, 0.15) is 12.5 Å². The van der Waals surface area contributed by atoms with Gasteiger partial charge in [0.2, 0.25) is 0 Å². The molecule has 0 heterocycles. The van der Waals surface area contributed by atoms with Crippen molar-refractivity contribution >= 4 is 12.6 Å². The fourth-order valence-electron chi connectivity index (χ4n) is 1.06. The van der Waals surface area contributed by atoms with Crippen LogP contribution >= 0.6 is 12.6 Å². The van der Waals surface area contributed by atoms with Gasteiger partial charge in [0, 0.05) is 0 Å². The van der Waals surface area contributed by atoms with E-state index in [1.807, 2.05) is 6.92 Å². The van der Waals surface area contributed by atoms with Crippen molar-refractivity contribution in [3.05, 3.63) is 29.6 Å². The van der Waals surface area contributed by atoms with Crippen LogP contribution in [0.3, 0.4) is 0 Å². The van der Waals surface area contributed by atoms with Gasteiger partial charge in [-0.15, -0.1) is 0 Å². The third-order valence-electron chi connectivity index (χ3n) is 1.97. The topological polar surface area (TPSA) is 9.23 Å². The molecule has 1 unspecified atom stereocenters. The van der Waals surface area contributed by atoms with E-state index in [2.05, 4.69) is 19.6 Å². The summed E-state index contributed by atoms with van der Waals surface area (Å²) < 4.78 is 18.3. The van der Waals surface area contributed by atoms with Gasteiger partial charge in [-0.25, -0.2) is 4.39 Å². The van der Waals surface area contributed by atoms with Crippen LogP contribution in [0.5, 0.6) is 5.75 Å². The summed E-state index contributed by atoms with van der Waals surface area (Å²) in [6.45, 7) is 4.52. The van der Waals surface area contributed by atoms with Crippen molar-refractivity contribution in [3.63, 3.8) is 0 Å². The highest BCUT2D eigenvalue weighted by Gasteiger charge is 2.03. The van der Waals surface area contributed by atoms with Crippen LogP contribution in [0, 0.1) is 18.7 Å². The number of hydrogen-bond acceptors (Lipinski definition) is 2. The maximum Gasteiger partial charge on any atom is 0.123 e. The number of ether oxygens (including phenoxy) is 1. The molecular formula is C11H15FOS. The molecule has 0 fully saturated rings. The second kappa shape index (κ2) is 5.25. The Balaban J connectivity index is 2.59. The zero-order chi connectivity index (χ0) is 10.6. The van der Waals surface area contributed by atoms with E-state index in [1.165, 1.54) is 12.1 Å². The molecule has 78 valence electrons. The predicted octanol–water partition coefficient (Wildman–Crippen LogP) is 3.08. The van der Waals surface area contributed by atoms with E-state index in [4.69, 9.17) is 4.74 Å². The second-order valence-electron chi connectivity index (χ2n) is 3.51. The summed E-state index contributed by atoms with van der Waals surface area (Å²) in [5.74, 6) is 1.72. The van der Waals surface area contributed by atoms with Gasteiger partial charge in [-0.3, -0.25) is 0 Å². The van der Waals surface area contributed by atoms with Gasteiger partial charge < -0.3 is 4.74 Å². The van der Waals surface area contributed by atoms with E-state index in [-0.39, 0.29) is 5.82 Å². The number of benzene rings is 1. The molecular weight excluding hydrogens is 199 g/mol. The highest BCUT2D eigenvalue weighted by molar-refractivity contribution is 7.80. The van der Waals surface area contributed by atoms with Gasteiger partial charge in [-0.05, 0) is 42.4 Å². The number of hydrogen-bond donors (Lipinski definition) is 1. The van der Waals surface area contributed by atoms with Crippen LogP contribution in [-0.4, -0.2) is 12.4 Å². The summed E-state index contributed by atoms with van der Waals surface area (Å²) in [6.07, 6.45) is 0. The summed E-state index contributed by atoms with van der Waals surface area (Å²) in [5.41, 5.74) is 0.830. The van der Waals surface area contributed by atoms with Crippen LogP contribution in [0.25, 0.3) is 0 Å². The zero-order valence-electron chi connectivity index (χ0n) is 8.46. The maximum atomic E-state index is 12.7. The smallest absolute Gasteiger partial charge is 0.123 e. The lowest BCUT2D eigenvalue weighted by Crippen LogP contribution is -2.10. The molecule has 1 aromatic rings. The lowest BCUT2D eigenvalue weighted by Gasteiger charge is -2.12. The molecule has 1 aromatic carbocycles. The predicted molar refractivity (Wildman–Crippen MR) is 59.6 cm³/mol. The molecule has 0 N–H and O–H groups in total. The molecule has 1 rings (SSSR count). The molecule has 0 aromatic heterocycles. The molecule has 0 amide bonds. The minimum Gasteiger partial charge on any atom is -0.493 e. The Labute approximate surface area is 89.7 Å². The molecule has 0 radical (unpaired) electrons. The van der Waals surface area contributed by atoms with Gasteiger partial charge in [0.25, 0.3) is 0 Å². The summed E-state index contributed by atoms with van der Waals surface area (Å²) in [5, 5.41) is 0. The first-order valence-corrected chi connectivity index (χ1v) is 5.26. The molecule has 14 heavy (non-hydrogen) atoms. The molecule has 3 heteroatoms. The van der Waals surface area contributed by atoms with Crippen molar-refractivity contribution < 1.29 is 9.13 Å². The van der Waals surface area contributed by atoms with Crippen LogP contribution in [0.2, 0.25) is 0 Å². The molecule has 0 saturated heterocycles. The average Bonchev–Trinajstić information content (AvgIpc) is 2.16. The Morgan fingerprint density at radius 2 is 2.21 bits per heavy atom. The van der Waals surface area contributed by atoms with Crippen molar-refractivity contribution in [1.82, 2.24) is 0 Å². The molecule has 1 nitrogen and oxygen atoms in total. The fourth-order valence-corrected chi connectivity index (χ4v) is 1.16. The van der Waals surface area contributed by atoms with Crippen LogP contribution < -0.4 is 4.74 Å².